The number of para-hydroxylation sites is 1. The third-order valence-corrected chi connectivity index (χ3v) is 3.70. The van der Waals surface area contributed by atoms with Crippen LogP contribution in [0.25, 0.3) is 0 Å². The molecule has 1 atom stereocenters. The van der Waals surface area contributed by atoms with E-state index in [1.54, 1.807) is 0 Å². The van der Waals surface area contributed by atoms with Gasteiger partial charge >= 0.3 is 6.01 Å². The van der Waals surface area contributed by atoms with Crippen molar-refractivity contribution < 1.29 is 4.42 Å². The SMILES string of the molecule is CC(C)CNCc1nnc(N2c3ccccc3CC2C)o1. The molecule has 21 heavy (non-hydrogen) atoms. The molecule has 1 aromatic carbocycles. The maximum absolute atomic E-state index is 5.82. The summed E-state index contributed by atoms with van der Waals surface area (Å²) in [6, 6.07) is 9.33. The highest BCUT2D eigenvalue weighted by Crippen LogP contribution is 2.37. The second kappa shape index (κ2) is 5.85. The molecule has 0 spiro atoms. The summed E-state index contributed by atoms with van der Waals surface area (Å²) in [7, 11) is 0. The largest absolute Gasteiger partial charge is 0.406 e. The van der Waals surface area contributed by atoms with Crippen molar-refractivity contribution in [2.24, 2.45) is 5.92 Å². The maximum atomic E-state index is 5.82. The molecule has 0 aliphatic carbocycles. The van der Waals surface area contributed by atoms with Gasteiger partial charge in [-0.3, -0.25) is 4.90 Å². The molecule has 2 aromatic rings. The fourth-order valence-electron chi connectivity index (χ4n) is 2.74. The van der Waals surface area contributed by atoms with Gasteiger partial charge in [0.1, 0.15) is 0 Å². The Hall–Kier alpha value is -1.88. The predicted octanol–water partition coefficient (Wildman–Crippen LogP) is 2.90. The Morgan fingerprint density at radius 3 is 2.95 bits per heavy atom. The van der Waals surface area contributed by atoms with Crippen LogP contribution in [0.3, 0.4) is 0 Å². The molecule has 0 saturated carbocycles. The van der Waals surface area contributed by atoms with Crippen LogP contribution in [0.4, 0.5) is 11.7 Å². The monoisotopic (exact) mass is 286 g/mol. The number of hydrogen-bond acceptors (Lipinski definition) is 5. The van der Waals surface area contributed by atoms with E-state index in [-0.39, 0.29) is 0 Å². The highest BCUT2D eigenvalue weighted by molar-refractivity contribution is 5.65. The molecule has 0 bridgehead atoms. The van der Waals surface area contributed by atoms with Crippen molar-refractivity contribution in [3.05, 3.63) is 35.7 Å². The lowest BCUT2D eigenvalue weighted by Gasteiger charge is -2.19. The van der Waals surface area contributed by atoms with Crippen LogP contribution in [-0.4, -0.2) is 22.8 Å². The van der Waals surface area contributed by atoms with Crippen LogP contribution in [0, 0.1) is 5.92 Å². The summed E-state index contributed by atoms with van der Waals surface area (Å²) in [5, 5.41) is 11.7. The molecule has 1 N–H and O–H groups in total. The zero-order valence-electron chi connectivity index (χ0n) is 12.8. The Bertz CT molecular complexity index is 608. The minimum Gasteiger partial charge on any atom is -0.406 e. The first kappa shape index (κ1) is 14.1. The van der Waals surface area contributed by atoms with E-state index in [2.05, 4.69) is 59.4 Å². The number of rotatable bonds is 5. The Kier molecular flexibility index (Phi) is 3.92. The van der Waals surface area contributed by atoms with Crippen LogP contribution < -0.4 is 10.2 Å². The van der Waals surface area contributed by atoms with Gasteiger partial charge in [-0.05, 0) is 37.4 Å². The van der Waals surface area contributed by atoms with Crippen molar-refractivity contribution in [1.82, 2.24) is 15.5 Å². The highest BCUT2D eigenvalue weighted by atomic mass is 16.4. The molecule has 1 aliphatic heterocycles. The van der Waals surface area contributed by atoms with Gasteiger partial charge in [-0.1, -0.05) is 37.1 Å². The van der Waals surface area contributed by atoms with E-state index in [4.69, 9.17) is 4.42 Å². The lowest BCUT2D eigenvalue weighted by Crippen LogP contribution is -2.24. The summed E-state index contributed by atoms with van der Waals surface area (Å²) < 4.78 is 5.82. The molecular formula is C16H22N4O. The molecule has 5 nitrogen and oxygen atoms in total. The first-order valence-electron chi connectivity index (χ1n) is 7.55. The van der Waals surface area contributed by atoms with Crippen LogP contribution in [0.1, 0.15) is 32.2 Å². The summed E-state index contributed by atoms with van der Waals surface area (Å²) in [6.45, 7) is 8.10. The number of anilines is 2. The molecule has 1 aromatic heterocycles. The number of nitrogens with one attached hydrogen (secondary N) is 1. The molecule has 1 aliphatic rings. The lowest BCUT2D eigenvalue weighted by atomic mass is 10.1. The predicted molar refractivity (Wildman–Crippen MR) is 82.6 cm³/mol. The summed E-state index contributed by atoms with van der Waals surface area (Å²) in [4.78, 5) is 2.13. The van der Waals surface area contributed by atoms with Crippen molar-refractivity contribution in [2.75, 3.05) is 11.4 Å². The van der Waals surface area contributed by atoms with Gasteiger partial charge in [0.2, 0.25) is 5.89 Å². The molecule has 0 fully saturated rings. The fraction of sp³-hybridized carbons (Fsp3) is 0.500. The van der Waals surface area contributed by atoms with Crippen molar-refractivity contribution in [3.63, 3.8) is 0 Å². The van der Waals surface area contributed by atoms with Gasteiger partial charge in [0.15, 0.2) is 0 Å². The van der Waals surface area contributed by atoms with E-state index >= 15 is 0 Å². The molecule has 0 saturated heterocycles. The van der Waals surface area contributed by atoms with Crippen molar-refractivity contribution in [1.29, 1.82) is 0 Å². The number of benzene rings is 1. The first-order chi connectivity index (χ1) is 10.1. The van der Waals surface area contributed by atoms with Crippen molar-refractivity contribution in [2.45, 2.75) is 39.8 Å². The van der Waals surface area contributed by atoms with E-state index in [1.807, 2.05) is 6.07 Å². The molecule has 3 rings (SSSR count). The maximum Gasteiger partial charge on any atom is 0.323 e. The molecule has 5 heteroatoms. The van der Waals surface area contributed by atoms with Crippen molar-refractivity contribution in [3.8, 4) is 0 Å². The average molecular weight is 286 g/mol. The number of fused-ring (bicyclic) bond motifs is 1. The van der Waals surface area contributed by atoms with Gasteiger partial charge in [0.25, 0.3) is 0 Å². The van der Waals surface area contributed by atoms with Crippen LogP contribution >= 0.6 is 0 Å². The number of nitrogens with zero attached hydrogens (tertiary/aromatic N) is 3. The molecule has 0 amide bonds. The van der Waals surface area contributed by atoms with Gasteiger partial charge in [-0.2, -0.15) is 0 Å². The van der Waals surface area contributed by atoms with E-state index in [9.17, 15) is 0 Å². The van der Waals surface area contributed by atoms with Gasteiger partial charge in [-0.25, -0.2) is 0 Å². The first-order valence-corrected chi connectivity index (χ1v) is 7.55. The van der Waals surface area contributed by atoms with Crippen LogP contribution in [0.2, 0.25) is 0 Å². The second-order valence-electron chi connectivity index (χ2n) is 6.05. The van der Waals surface area contributed by atoms with Gasteiger partial charge < -0.3 is 9.73 Å². The molecular weight excluding hydrogens is 264 g/mol. The summed E-state index contributed by atoms with van der Waals surface area (Å²) >= 11 is 0. The normalized spacial score (nSPS) is 17.5. The Labute approximate surface area is 125 Å². The highest BCUT2D eigenvalue weighted by Gasteiger charge is 2.30. The van der Waals surface area contributed by atoms with Gasteiger partial charge in [-0.15, -0.1) is 5.10 Å². The van der Waals surface area contributed by atoms with Crippen LogP contribution in [0.5, 0.6) is 0 Å². The molecule has 2 heterocycles. The minimum atomic E-state index is 0.347. The zero-order valence-corrected chi connectivity index (χ0v) is 12.8. The van der Waals surface area contributed by atoms with Crippen LogP contribution in [0.15, 0.2) is 28.7 Å². The topological polar surface area (TPSA) is 54.2 Å². The molecule has 112 valence electrons. The second-order valence-corrected chi connectivity index (χ2v) is 6.05. The van der Waals surface area contributed by atoms with E-state index in [0.29, 0.717) is 30.4 Å². The summed E-state index contributed by atoms with van der Waals surface area (Å²) in [6.07, 6.45) is 1.01. The van der Waals surface area contributed by atoms with E-state index in [0.717, 1.165) is 13.0 Å². The third-order valence-electron chi connectivity index (χ3n) is 3.70. The molecule has 0 radical (unpaired) electrons. The fourth-order valence-corrected chi connectivity index (χ4v) is 2.74. The summed E-state index contributed by atoms with van der Waals surface area (Å²) in [5.41, 5.74) is 2.51. The third kappa shape index (κ3) is 2.93. The van der Waals surface area contributed by atoms with E-state index in [1.165, 1.54) is 11.3 Å². The van der Waals surface area contributed by atoms with Gasteiger partial charge in [0.05, 0.1) is 6.54 Å². The quantitative estimate of drug-likeness (QED) is 0.916. The van der Waals surface area contributed by atoms with Crippen LogP contribution in [-0.2, 0) is 13.0 Å². The lowest BCUT2D eigenvalue weighted by molar-refractivity contribution is 0.449. The summed E-state index contributed by atoms with van der Waals surface area (Å²) in [5.74, 6) is 1.25. The Morgan fingerprint density at radius 2 is 2.14 bits per heavy atom. The van der Waals surface area contributed by atoms with Crippen molar-refractivity contribution >= 4 is 11.7 Å². The van der Waals surface area contributed by atoms with Gasteiger partial charge in [0, 0.05) is 11.7 Å². The smallest absolute Gasteiger partial charge is 0.323 e. The average Bonchev–Trinajstić information content (AvgIpc) is 3.01. The minimum absolute atomic E-state index is 0.347. The molecule has 1 unspecified atom stereocenters. The Morgan fingerprint density at radius 1 is 1.33 bits per heavy atom. The van der Waals surface area contributed by atoms with E-state index < -0.39 is 0 Å². The zero-order chi connectivity index (χ0) is 14.8. The Balaban J connectivity index is 1.74. The standard InChI is InChI=1S/C16H22N4O/c1-11(2)9-17-10-15-18-19-16(21-15)20-12(3)8-13-6-4-5-7-14(13)20/h4-7,11-12,17H,8-10H2,1-3H3. The number of aromatic nitrogens is 2. The number of hydrogen-bond donors (Lipinski definition) is 1.